The molecule has 0 saturated heterocycles. The smallest absolute Gasteiger partial charge is 0.336 e. The summed E-state index contributed by atoms with van der Waals surface area (Å²) >= 11 is 0. The molecule has 23 heavy (non-hydrogen) atoms. The van der Waals surface area contributed by atoms with E-state index in [1.165, 1.54) is 19.1 Å². The first-order valence-corrected chi connectivity index (χ1v) is 6.81. The average Bonchev–Trinajstić information content (AvgIpc) is 2.48. The molecule has 0 atom stereocenters. The highest BCUT2D eigenvalue weighted by Gasteiger charge is 2.13. The van der Waals surface area contributed by atoms with Crippen molar-refractivity contribution in [2.24, 2.45) is 0 Å². The molecule has 0 heterocycles. The van der Waals surface area contributed by atoms with Crippen molar-refractivity contribution < 1.29 is 24.2 Å². The zero-order valence-electron chi connectivity index (χ0n) is 12.6. The van der Waals surface area contributed by atoms with Crippen LogP contribution in [-0.4, -0.2) is 23.0 Å². The summed E-state index contributed by atoms with van der Waals surface area (Å²) in [4.78, 5) is 34.4. The van der Waals surface area contributed by atoms with Gasteiger partial charge in [0.05, 0.1) is 5.56 Å². The summed E-state index contributed by atoms with van der Waals surface area (Å²) in [5.41, 5.74) is 1.29. The summed E-state index contributed by atoms with van der Waals surface area (Å²) < 4.78 is 4.93. The van der Waals surface area contributed by atoms with E-state index >= 15 is 0 Å². The molecule has 0 bridgehead atoms. The second-order valence-electron chi connectivity index (χ2n) is 4.86. The number of amides is 1. The Morgan fingerprint density at radius 1 is 1.09 bits per heavy atom. The topological polar surface area (TPSA) is 92.7 Å². The number of hydrogen-bond acceptors (Lipinski definition) is 4. The van der Waals surface area contributed by atoms with Crippen LogP contribution in [0.1, 0.15) is 33.2 Å². The number of hydrogen-bond donors (Lipinski definition) is 2. The van der Waals surface area contributed by atoms with Gasteiger partial charge in [-0.3, -0.25) is 9.59 Å². The molecule has 2 rings (SSSR count). The van der Waals surface area contributed by atoms with Crippen molar-refractivity contribution in [2.75, 3.05) is 5.32 Å². The minimum absolute atomic E-state index is 0.122. The highest BCUT2D eigenvalue weighted by molar-refractivity contribution is 6.05. The lowest BCUT2D eigenvalue weighted by molar-refractivity contribution is -0.131. The van der Waals surface area contributed by atoms with Gasteiger partial charge in [-0.15, -0.1) is 0 Å². The predicted molar refractivity (Wildman–Crippen MR) is 83.8 cm³/mol. The number of aromatic carboxylic acids is 1. The van der Waals surface area contributed by atoms with E-state index in [1.807, 2.05) is 0 Å². The summed E-state index contributed by atoms with van der Waals surface area (Å²) in [6.07, 6.45) is 0. The van der Waals surface area contributed by atoms with Gasteiger partial charge in [-0.05, 0) is 42.8 Å². The number of carbonyl (C=O) groups excluding carboxylic acids is 2. The van der Waals surface area contributed by atoms with Crippen molar-refractivity contribution in [3.63, 3.8) is 0 Å². The van der Waals surface area contributed by atoms with Gasteiger partial charge >= 0.3 is 11.9 Å². The fourth-order valence-electron chi connectivity index (χ4n) is 2.06. The molecule has 0 spiro atoms. The highest BCUT2D eigenvalue weighted by atomic mass is 16.5. The zero-order chi connectivity index (χ0) is 17.0. The number of ether oxygens (including phenoxy) is 1. The molecule has 0 aliphatic heterocycles. The van der Waals surface area contributed by atoms with Crippen LogP contribution in [0.3, 0.4) is 0 Å². The van der Waals surface area contributed by atoms with E-state index in [9.17, 15) is 14.4 Å². The highest BCUT2D eigenvalue weighted by Crippen LogP contribution is 2.21. The molecule has 0 aliphatic carbocycles. The summed E-state index contributed by atoms with van der Waals surface area (Å²) in [6.45, 7) is 2.89. The van der Waals surface area contributed by atoms with Crippen LogP contribution in [0.2, 0.25) is 0 Å². The SMILES string of the molecule is CC(=O)Oc1cccc(C(=O)Nc2cccc(C(=O)O)c2C)c1. The van der Waals surface area contributed by atoms with Crippen molar-refractivity contribution in [1.82, 2.24) is 0 Å². The minimum Gasteiger partial charge on any atom is -0.478 e. The molecule has 6 heteroatoms. The maximum Gasteiger partial charge on any atom is 0.336 e. The quantitative estimate of drug-likeness (QED) is 0.669. The number of anilines is 1. The lowest BCUT2D eigenvalue weighted by atomic mass is 10.1. The zero-order valence-corrected chi connectivity index (χ0v) is 12.6. The first-order valence-electron chi connectivity index (χ1n) is 6.81. The number of carboxylic acid groups (broad SMARTS) is 1. The number of rotatable bonds is 4. The fourth-order valence-corrected chi connectivity index (χ4v) is 2.06. The Hall–Kier alpha value is -3.15. The Morgan fingerprint density at radius 2 is 1.78 bits per heavy atom. The van der Waals surface area contributed by atoms with Gasteiger partial charge in [-0.1, -0.05) is 12.1 Å². The van der Waals surface area contributed by atoms with Gasteiger partial charge in [0, 0.05) is 18.2 Å². The molecule has 2 aromatic carbocycles. The molecule has 0 radical (unpaired) electrons. The van der Waals surface area contributed by atoms with E-state index in [-0.39, 0.29) is 11.3 Å². The Morgan fingerprint density at radius 3 is 2.43 bits per heavy atom. The predicted octanol–water partition coefficient (Wildman–Crippen LogP) is 2.87. The third-order valence-electron chi connectivity index (χ3n) is 3.17. The molecule has 0 aromatic heterocycles. The molecular weight excluding hydrogens is 298 g/mol. The molecule has 0 unspecified atom stereocenters. The largest absolute Gasteiger partial charge is 0.478 e. The summed E-state index contributed by atoms with van der Waals surface area (Å²) in [5, 5.41) is 11.8. The standard InChI is InChI=1S/C17H15NO5/c1-10-14(17(21)22)7-4-8-15(10)18-16(20)12-5-3-6-13(9-12)23-11(2)19/h3-9H,1-2H3,(H,18,20)(H,21,22). The van der Waals surface area contributed by atoms with E-state index in [4.69, 9.17) is 9.84 Å². The molecule has 2 N–H and O–H groups in total. The molecule has 0 saturated carbocycles. The van der Waals surface area contributed by atoms with Crippen LogP contribution in [0.5, 0.6) is 5.75 Å². The van der Waals surface area contributed by atoms with Crippen LogP contribution >= 0.6 is 0 Å². The van der Waals surface area contributed by atoms with E-state index in [2.05, 4.69) is 5.32 Å². The van der Waals surface area contributed by atoms with Gasteiger partial charge < -0.3 is 15.2 Å². The summed E-state index contributed by atoms with van der Waals surface area (Å²) in [7, 11) is 0. The normalized spacial score (nSPS) is 10.0. The maximum atomic E-state index is 12.3. The molecule has 118 valence electrons. The van der Waals surface area contributed by atoms with Crippen LogP contribution in [0, 0.1) is 6.92 Å². The number of nitrogens with one attached hydrogen (secondary N) is 1. The Kier molecular flexibility index (Phi) is 4.75. The average molecular weight is 313 g/mol. The molecule has 0 aliphatic rings. The van der Waals surface area contributed by atoms with Crippen LogP contribution in [0.25, 0.3) is 0 Å². The minimum atomic E-state index is -1.06. The van der Waals surface area contributed by atoms with Gasteiger partial charge in [0.15, 0.2) is 0 Å². The number of carbonyl (C=O) groups is 3. The van der Waals surface area contributed by atoms with Gasteiger partial charge in [-0.25, -0.2) is 4.79 Å². The van der Waals surface area contributed by atoms with Crippen LogP contribution in [-0.2, 0) is 4.79 Å². The molecule has 6 nitrogen and oxygen atoms in total. The first kappa shape index (κ1) is 16.2. The lowest BCUT2D eigenvalue weighted by Gasteiger charge is -2.11. The summed E-state index contributed by atoms with van der Waals surface area (Å²) in [6, 6.07) is 10.8. The van der Waals surface area contributed by atoms with Crippen molar-refractivity contribution >= 4 is 23.5 Å². The molecule has 2 aromatic rings. The fraction of sp³-hybridized carbons (Fsp3) is 0.118. The second-order valence-corrected chi connectivity index (χ2v) is 4.86. The van der Waals surface area contributed by atoms with Crippen LogP contribution < -0.4 is 10.1 Å². The van der Waals surface area contributed by atoms with Gasteiger partial charge in [-0.2, -0.15) is 0 Å². The van der Waals surface area contributed by atoms with E-state index in [0.717, 1.165) is 0 Å². The van der Waals surface area contributed by atoms with Gasteiger partial charge in [0.2, 0.25) is 0 Å². The number of esters is 1. The third kappa shape index (κ3) is 3.94. The lowest BCUT2D eigenvalue weighted by Crippen LogP contribution is -2.14. The van der Waals surface area contributed by atoms with Crippen molar-refractivity contribution in [3.8, 4) is 5.75 Å². The summed E-state index contributed by atoms with van der Waals surface area (Å²) in [5.74, 6) is -1.70. The third-order valence-corrected chi connectivity index (χ3v) is 3.17. The Labute approximate surface area is 132 Å². The number of carboxylic acids is 1. The van der Waals surface area contributed by atoms with E-state index < -0.39 is 17.8 Å². The number of benzene rings is 2. The maximum absolute atomic E-state index is 12.3. The molecular formula is C17H15NO5. The van der Waals surface area contributed by atoms with Crippen molar-refractivity contribution in [2.45, 2.75) is 13.8 Å². The second kappa shape index (κ2) is 6.74. The van der Waals surface area contributed by atoms with E-state index in [0.29, 0.717) is 16.8 Å². The van der Waals surface area contributed by atoms with E-state index in [1.54, 1.807) is 37.3 Å². The van der Waals surface area contributed by atoms with Crippen molar-refractivity contribution in [1.29, 1.82) is 0 Å². The first-order chi connectivity index (χ1) is 10.9. The molecule has 1 amide bonds. The van der Waals surface area contributed by atoms with Gasteiger partial charge in [0.1, 0.15) is 5.75 Å². The van der Waals surface area contributed by atoms with Crippen LogP contribution in [0.4, 0.5) is 5.69 Å². The van der Waals surface area contributed by atoms with Crippen molar-refractivity contribution in [3.05, 3.63) is 59.2 Å². The van der Waals surface area contributed by atoms with Crippen LogP contribution in [0.15, 0.2) is 42.5 Å². The molecule has 0 fully saturated rings. The van der Waals surface area contributed by atoms with Gasteiger partial charge in [0.25, 0.3) is 5.91 Å². The Balaban J connectivity index is 2.24. The Bertz CT molecular complexity index is 782. The monoisotopic (exact) mass is 313 g/mol.